The Balaban J connectivity index is 1.58. The minimum atomic E-state index is -0.718. The number of hydrogen-bond acceptors (Lipinski definition) is 4. The molecule has 0 spiro atoms. The average Bonchev–Trinajstić information content (AvgIpc) is 3.02. The molecule has 0 saturated carbocycles. The summed E-state index contributed by atoms with van der Waals surface area (Å²) < 4.78 is 0. The first-order valence-electron chi connectivity index (χ1n) is 9.71. The predicted octanol–water partition coefficient (Wildman–Crippen LogP) is 5.71. The molecule has 3 aromatic rings. The van der Waals surface area contributed by atoms with Crippen LogP contribution in [0.15, 0.2) is 83.5 Å². The van der Waals surface area contributed by atoms with Gasteiger partial charge in [-0.3, -0.25) is 14.4 Å². The maximum atomic E-state index is 13.0. The molecule has 0 fully saturated rings. The second-order valence-corrected chi connectivity index (χ2v) is 8.36. The van der Waals surface area contributed by atoms with E-state index in [1.807, 2.05) is 30.3 Å². The summed E-state index contributed by atoms with van der Waals surface area (Å²) in [6.07, 6.45) is 0. The van der Waals surface area contributed by atoms with Gasteiger partial charge in [-0.1, -0.05) is 59.1 Å². The number of imide groups is 1. The number of nitrogens with zero attached hydrogens (tertiary/aromatic N) is 2. The molecule has 1 N–H and O–H groups in total. The maximum Gasteiger partial charge on any atom is 0.283 e. The van der Waals surface area contributed by atoms with Crippen LogP contribution in [0.3, 0.4) is 0 Å². The number of anilines is 3. The highest BCUT2D eigenvalue weighted by molar-refractivity contribution is 6.54. The molecule has 0 bridgehead atoms. The van der Waals surface area contributed by atoms with Gasteiger partial charge in [0.15, 0.2) is 0 Å². The van der Waals surface area contributed by atoms with Gasteiger partial charge in [0.1, 0.15) is 10.7 Å². The molecule has 3 amide bonds. The first-order chi connectivity index (χ1) is 15.8. The van der Waals surface area contributed by atoms with E-state index in [9.17, 15) is 14.4 Å². The van der Waals surface area contributed by atoms with E-state index >= 15 is 0 Å². The van der Waals surface area contributed by atoms with Gasteiger partial charge >= 0.3 is 0 Å². The Morgan fingerprint density at radius 1 is 0.879 bits per heavy atom. The lowest BCUT2D eigenvalue weighted by molar-refractivity contribution is -0.120. The highest BCUT2D eigenvalue weighted by atomic mass is 35.5. The van der Waals surface area contributed by atoms with Crippen molar-refractivity contribution in [2.24, 2.45) is 0 Å². The SMILES string of the molecule is CN(C(=O)c1cccc(NC2=C(Cl)C(=O)N(c3ccc(Cl)cc3Cl)C2=O)c1)c1ccccc1. The van der Waals surface area contributed by atoms with Gasteiger partial charge in [-0.05, 0) is 48.5 Å². The summed E-state index contributed by atoms with van der Waals surface area (Å²) in [6.45, 7) is 0. The van der Waals surface area contributed by atoms with Gasteiger partial charge in [0, 0.05) is 29.0 Å². The first kappa shape index (κ1) is 22.9. The van der Waals surface area contributed by atoms with Gasteiger partial charge < -0.3 is 10.2 Å². The normalized spacial score (nSPS) is 13.5. The maximum absolute atomic E-state index is 13.0. The van der Waals surface area contributed by atoms with Gasteiger partial charge in [-0.25, -0.2) is 4.90 Å². The summed E-state index contributed by atoms with van der Waals surface area (Å²) in [5.41, 5.74) is 1.59. The van der Waals surface area contributed by atoms with Crippen molar-refractivity contribution >= 4 is 69.6 Å². The first-order valence-corrected chi connectivity index (χ1v) is 10.8. The fourth-order valence-electron chi connectivity index (χ4n) is 3.33. The standard InChI is InChI=1S/C24H16Cl3N3O3/c1-29(17-8-3-2-4-9-17)22(31)14-6-5-7-16(12-14)28-21-20(27)23(32)30(24(21)33)19-11-10-15(25)13-18(19)26/h2-13,28H,1H3. The predicted molar refractivity (Wildman–Crippen MR) is 131 cm³/mol. The van der Waals surface area contributed by atoms with E-state index < -0.39 is 11.8 Å². The van der Waals surface area contributed by atoms with Crippen molar-refractivity contribution in [1.82, 2.24) is 0 Å². The minimum absolute atomic E-state index is 0.117. The number of rotatable bonds is 5. The number of halogens is 3. The molecule has 0 aliphatic carbocycles. The summed E-state index contributed by atoms with van der Waals surface area (Å²) in [5, 5.41) is 3.08. The van der Waals surface area contributed by atoms with Crippen molar-refractivity contribution in [1.29, 1.82) is 0 Å². The Hall–Kier alpha value is -3.32. The molecule has 0 aromatic heterocycles. The van der Waals surface area contributed by atoms with Crippen LogP contribution in [0.1, 0.15) is 10.4 Å². The third-order valence-electron chi connectivity index (χ3n) is 5.00. The Labute approximate surface area is 205 Å². The number of para-hydroxylation sites is 1. The number of carbonyl (C=O) groups is 3. The molecule has 0 unspecified atom stereocenters. The van der Waals surface area contributed by atoms with Crippen LogP contribution >= 0.6 is 34.8 Å². The molecule has 1 aliphatic rings. The zero-order valence-corrected chi connectivity index (χ0v) is 19.4. The summed E-state index contributed by atoms with van der Waals surface area (Å²) >= 11 is 18.3. The molecule has 0 saturated heterocycles. The molecule has 166 valence electrons. The Kier molecular flexibility index (Phi) is 6.42. The Morgan fingerprint density at radius 2 is 1.61 bits per heavy atom. The van der Waals surface area contributed by atoms with E-state index in [4.69, 9.17) is 34.8 Å². The van der Waals surface area contributed by atoms with E-state index in [0.717, 1.165) is 10.6 Å². The highest BCUT2D eigenvalue weighted by Gasteiger charge is 2.39. The topological polar surface area (TPSA) is 69.7 Å². The van der Waals surface area contributed by atoms with Gasteiger partial charge in [0.05, 0.1) is 10.7 Å². The smallest absolute Gasteiger partial charge is 0.283 e. The molecule has 0 radical (unpaired) electrons. The number of amides is 3. The quantitative estimate of drug-likeness (QED) is 0.456. The molecule has 6 nitrogen and oxygen atoms in total. The van der Waals surface area contributed by atoms with Gasteiger partial charge in [-0.2, -0.15) is 0 Å². The summed E-state index contributed by atoms with van der Waals surface area (Å²) in [6, 6.07) is 20.2. The third-order valence-corrected chi connectivity index (χ3v) is 5.89. The second-order valence-electron chi connectivity index (χ2n) is 7.14. The summed E-state index contributed by atoms with van der Waals surface area (Å²) in [7, 11) is 1.67. The number of hydrogen-bond donors (Lipinski definition) is 1. The molecule has 33 heavy (non-hydrogen) atoms. The van der Waals surface area contributed by atoms with Crippen LogP contribution in [0.25, 0.3) is 0 Å². The van der Waals surface area contributed by atoms with Crippen LogP contribution in [0, 0.1) is 0 Å². The summed E-state index contributed by atoms with van der Waals surface area (Å²) in [4.78, 5) is 41.0. The number of carbonyl (C=O) groups excluding carboxylic acids is 3. The number of nitrogens with one attached hydrogen (secondary N) is 1. The second kappa shape index (κ2) is 9.27. The Bertz CT molecular complexity index is 1310. The molecule has 3 aromatic carbocycles. The molecule has 1 aliphatic heterocycles. The summed E-state index contributed by atoms with van der Waals surface area (Å²) in [5.74, 6) is -1.63. The molecule has 1 heterocycles. The number of benzene rings is 3. The van der Waals surface area contributed by atoms with Crippen LogP contribution in [0.5, 0.6) is 0 Å². The van der Waals surface area contributed by atoms with Gasteiger partial charge in [-0.15, -0.1) is 0 Å². The lowest BCUT2D eigenvalue weighted by Crippen LogP contribution is -2.32. The molecule has 4 rings (SSSR count). The zero-order valence-electron chi connectivity index (χ0n) is 17.2. The molecular weight excluding hydrogens is 485 g/mol. The van der Waals surface area contributed by atoms with Crippen molar-refractivity contribution in [3.05, 3.63) is 99.1 Å². The fraction of sp³-hybridized carbons (Fsp3) is 0.0417. The van der Waals surface area contributed by atoms with Crippen LogP contribution in [-0.2, 0) is 9.59 Å². The largest absolute Gasteiger partial charge is 0.350 e. The van der Waals surface area contributed by atoms with E-state index in [2.05, 4.69) is 5.32 Å². The van der Waals surface area contributed by atoms with Gasteiger partial charge in [0.25, 0.3) is 17.7 Å². The highest BCUT2D eigenvalue weighted by Crippen LogP contribution is 2.35. The van der Waals surface area contributed by atoms with Gasteiger partial charge in [0.2, 0.25) is 0 Å². The molecule has 9 heteroatoms. The van der Waals surface area contributed by atoms with Crippen LogP contribution < -0.4 is 15.1 Å². The van der Waals surface area contributed by atoms with Crippen LogP contribution in [0.2, 0.25) is 10.0 Å². The average molecular weight is 501 g/mol. The zero-order chi connectivity index (χ0) is 23.7. The van der Waals surface area contributed by atoms with E-state index in [0.29, 0.717) is 16.3 Å². The van der Waals surface area contributed by atoms with Crippen molar-refractivity contribution in [2.45, 2.75) is 0 Å². The Morgan fingerprint density at radius 3 is 2.30 bits per heavy atom. The van der Waals surface area contributed by atoms with Crippen LogP contribution in [-0.4, -0.2) is 24.8 Å². The van der Waals surface area contributed by atoms with E-state index in [1.165, 1.54) is 23.1 Å². The van der Waals surface area contributed by atoms with Crippen molar-refractivity contribution < 1.29 is 14.4 Å². The lowest BCUT2D eigenvalue weighted by Gasteiger charge is -2.18. The minimum Gasteiger partial charge on any atom is -0.350 e. The third kappa shape index (κ3) is 4.46. The molecular formula is C24H16Cl3N3O3. The molecule has 0 atom stereocenters. The van der Waals surface area contributed by atoms with E-state index in [-0.39, 0.29) is 27.3 Å². The van der Waals surface area contributed by atoms with Crippen molar-refractivity contribution in [3.8, 4) is 0 Å². The lowest BCUT2D eigenvalue weighted by atomic mass is 10.1. The van der Waals surface area contributed by atoms with Crippen molar-refractivity contribution in [3.63, 3.8) is 0 Å². The van der Waals surface area contributed by atoms with Crippen molar-refractivity contribution in [2.75, 3.05) is 22.2 Å². The van der Waals surface area contributed by atoms with E-state index in [1.54, 1.807) is 31.3 Å². The fourth-order valence-corrected chi connectivity index (χ4v) is 4.04. The monoisotopic (exact) mass is 499 g/mol. The van der Waals surface area contributed by atoms with Crippen LogP contribution in [0.4, 0.5) is 17.1 Å².